The van der Waals surface area contributed by atoms with Crippen LogP contribution >= 0.6 is 0 Å². The van der Waals surface area contributed by atoms with Gasteiger partial charge in [0, 0.05) is 25.0 Å². The van der Waals surface area contributed by atoms with Gasteiger partial charge in [-0.1, -0.05) is 0 Å². The van der Waals surface area contributed by atoms with Gasteiger partial charge in [0.1, 0.15) is 11.9 Å². The Balaban J connectivity index is 1.65. The monoisotopic (exact) mass is 443 g/mol. The molecule has 3 heterocycles. The van der Waals surface area contributed by atoms with E-state index in [1.807, 2.05) is 19.1 Å². The van der Waals surface area contributed by atoms with Crippen molar-refractivity contribution >= 4 is 38.8 Å². The lowest BCUT2D eigenvalue weighted by Crippen LogP contribution is -2.57. The summed E-state index contributed by atoms with van der Waals surface area (Å²) in [6.07, 6.45) is 3.17. The van der Waals surface area contributed by atoms with Crippen LogP contribution in [0.3, 0.4) is 0 Å². The van der Waals surface area contributed by atoms with Gasteiger partial charge in [0.05, 0.1) is 10.6 Å². The number of amides is 1. The van der Waals surface area contributed by atoms with Gasteiger partial charge in [0.2, 0.25) is 5.91 Å². The number of benzene rings is 1. The van der Waals surface area contributed by atoms with Crippen LogP contribution in [0.1, 0.15) is 19.8 Å². The van der Waals surface area contributed by atoms with E-state index < -0.39 is 9.84 Å². The van der Waals surface area contributed by atoms with E-state index in [0.717, 1.165) is 43.1 Å². The molecule has 2 aliphatic rings. The minimum Gasteiger partial charge on any atom is -0.340 e. The number of nitrogens with zero attached hydrogens (tertiary/aromatic N) is 4. The lowest BCUT2D eigenvalue weighted by atomic mass is 9.99. The molecule has 1 aromatic carbocycles. The second-order valence-corrected chi connectivity index (χ2v) is 10.5. The quantitative estimate of drug-likeness (QED) is 0.777. The van der Waals surface area contributed by atoms with E-state index in [4.69, 9.17) is 4.98 Å². The third kappa shape index (κ3) is 4.24. The summed E-state index contributed by atoms with van der Waals surface area (Å²) in [4.78, 5) is 24.2. The van der Waals surface area contributed by atoms with Crippen LogP contribution in [0, 0.1) is 0 Å². The summed E-state index contributed by atoms with van der Waals surface area (Å²) >= 11 is 0. The second-order valence-electron chi connectivity index (χ2n) is 8.48. The van der Waals surface area contributed by atoms with Crippen LogP contribution in [0.5, 0.6) is 0 Å². The number of likely N-dealkylation sites (tertiary alicyclic amines) is 1. The Morgan fingerprint density at radius 2 is 1.68 bits per heavy atom. The Labute approximate surface area is 183 Å². The molecule has 0 saturated carbocycles. The number of carbonyl (C=O) groups excluding carboxylic acids is 1. The maximum atomic E-state index is 12.9. The number of hydrogen-bond acceptors (Lipinski definition) is 7. The third-order valence-corrected chi connectivity index (χ3v) is 7.33. The SMILES string of the molecule is C[C@@H]1C(=O)N(C)c2ccc(Nc3ccc(S(C)(=O)=O)cc3)nc2N1C1CCN(C)CC1. The fourth-order valence-electron chi connectivity index (χ4n) is 4.36. The van der Waals surface area contributed by atoms with Crippen molar-refractivity contribution in [2.45, 2.75) is 36.7 Å². The van der Waals surface area contributed by atoms with E-state index in [-0.39, 0.29) is 22.9 Å². The van der Waals surface area contributed by atoms with Gasteiger partial charge in [0.15, 0.2) is 15.7 Å². The van der Waals surface area contributed by atoms with Crippen molar-refractivity contribution in [2.24, 2.45) is 0 Å². The van der Waals surface area contributed by atoms with Crippen LogP contribution < -0.4 is 15.1 Å². The van der Waals surface area contributed by atoms with Crippen molar-refractivity contribution in [3.05, 3.63) is 36.4 Å². The molecule has 1 aromatic heterocycles. The molecule has 1 fully saturated rings. The number of pyridine rings is 1. The van der Waals surface area contributed by atoms with Crippen molar-refractivity contribution in [1.82, 2.24) is 9.88 Å². The number of piperidine rings is 1. The van der Waals surface area contributed by atoms with E-state index in [1.165, 1.54) is 6.26 Å². The molecule has 1 saturated heterocycles. The average molecular weight is 444 g/mol. The number of hydrogen-bond donors (Lipinski definition) is 1. The van der Waals surface area contributed by atoms with Crippen LogP contribution in [0.25, 0.3) is 0 Å². The highest BCUT2D eigenvalue weighted by molar-refractivity contribution is 7.90. The van der Waals surface area contributed by atoms with Gasteiger partial charge in [-0.25, -0.2) is 13.4 Å². The number of fused-ring (bicyclic) bond motifs is 1. The van der Waals surface area contributed by atoms with Gasteiger partial charge in [0.25, 0.3) is 0 Å². The molecule has 0 radical (unpaired) electrons. The summed E-state index contributed by atoms with van der Waals surface area (Å²) in [5, 5.41) is 3.26. The smallest absolute Gasteiger partial charge is 0.249 e. The zero-order valence-electron chi connectivity index (χ0n) is 18.4. The third-order valence-electron chi connectivity index (χ3n) is 6.20. The molecule has 4 rings (SSSR count). The lowest BCUT2D eigenvalue weighted by Gasteiger charge is -2.45. The predicted molar refractivity (Wildman–Crippen MR) is 123 cm³/mol. The summed E-state index contributed by atoms with van der Waals surface area (Å²) in [7, 11) is 0.680. The summed E-state index contributed by atoms with van der Waals surface area (Å²) in [5.74, 6) is 1.53. The molecule has 2 aromatic rings. The van der Waals surface area contributed by atoms with Crippen molar-refractivity contribution < 1.29 is 13.2 Å². The zero-order chi connectivity index (χ0) is 22.3. The summed E-state index contributed by atoms with van der Waals surface area (Å²) in [5.41, 5.74) is 1.55. The lowest BCUT2D eigenvalue weighted by molar-refractivity contribution is -0.119. The molecular weight excluding hydrogens is 414 g/mol. The molecule has 2 aliphatic heterocycles. The standard InChI is InChI=1S/C22H29N5O3S/c1-15-22(28)26(3)19-9-10-20(23-16-5-7-18(8-6-16)31(4,29)30)24-21(19)27(15)17-11-13-25(2)14-12-17/h5-10,15,17H,11-14H2,1-4H3,(H,23,24)/t15-/m1/s1. The first-order valence-electron chi connectivity index (χ1n) is 10.5. The Kier molecular flexibility index (Phi) is 5.65. The molecule has 1 atom stereocenters. The fourth-order valence-corrected chi connectivity index (χ4v) is 4.99. The molecule has 1 N–H and O–H groups in total. The summed E-state index contributed by atoms with van der Waals surface area (Å²) in [6.45, 7) is 3.95. The van der Waals surface area contributed by atoms with Crippen molar-refractivity contribution in [3.8, 4) is 0 Å². The molecule has 0 unspecified atom stereocenters. The Morgan fingerprint density at radius 3 is 2.29 bits per heavy atom. The molecule has 0 spiro atoms. The minimum absolute atomic E-state index is 0.0744. The number of nitrogens with one attached hydrogen (secondary N) is 1. The van der Waals surface area contributed by atoms with E-state index >= 15 is 0 Å². The molecule has 8 nitrogen and oxygen atoms in total. The van der Waals surface area contributed by atoms with E-state index in [0.29, 0.717) is 5.82 Å². The maximum Gasteiger partial charge on any atom is 0.249 e. The molecule has 0 bridgehead atoms. The van der Waals surface area contributed by atoms with E-state index in [9.17, 15) is 13.2 Å². The number of sulfone groups is 1. The topological polar surface area (TPSA) is 85.8 Å². The molecule has 1 amide bonds. The van der Waals surface area contributed by atoms with Gasteiger partial charge in [-0.2, -0.15) is 0 Å². The Hall–Kier alpha value is -2.65. The van der Waals surface area contributed by atoms with Crippen LogP contribution in [0.15, 0.2) is 41.3 Å². The Morgan fingerprint density at radius 1 is 1.03 bits per heavy atom. The molecular formula is C22H29N5O3S. The highest BCUT2D eigenvalue weighted by Gasteiger charge is 2.39. The minimum atomic E-state index is -3.24. The predicted octanol–water partition coefficient (Wildman–Crippen LogP) is 2.49. The zero-order valence-corrected chi connectivity index (χ0v) is 19.2. The summed E-state index contributed by atoms with van der Waals surface area (Å²) in [6, 6.07) is 10.4. The highest BCUT2D eigenvalue weighted by atomic mass is 32.2. The fraction of sp³-hybridized carbons (Fsp3) is 0.455. The van der Waals surface area contributed by atoms with Gasteiger partial charge in [-0.3, -0.25) is 4.79 Å². The van der Waals surface area contributed by atoms with E-state index in [1.54, 1.807) is 36.2 Å². The number of rotatable bonds is 4. The number of aromatic nitrogens is 1. The van der Waals surface area contributed by atoms with Crippen LogP contribution in [-0.2, 0) is 14.6 Å². The van der Waals surface area contributed by atoms with Gasteiger partial charge >= 0.3 is 0 Å². The first kappa shape index (κ1) is 21.6. The van der Waals surface area contributed by atoms with Crippen LogP contribution in [0.4, 0.5) is 23.0 Å². The average Bonchev–Trinajstić information content (AvgIpc) is 2.73. The van der Waals surface area contributed by atoms with E-state index in [2.05, 4.69) is 22.2 Å². The second kappa shape index (κ2) is 8.12. The van der Waals surface area contributed by atoms with Crippen LogP contribution in [0.2, 0.25) is 0 Å². The number of likely N-dealkylation sites (N-methyl/N-ethyl adjacent to an activating group) is 1. The molecule has 31 heavy (non-hydrogen) atoms. The Bertz CT molecular complexity index is 1080. The normalized spacial score (nSPS) is 20.6. The van der Waals surface area contributed by atoms with Gasteiger partial charge in [-0.05, 0) is 76.3 Å². The first-order chi connectivity index (χ1) is 14.6. The van der Waals surface area contributed by atoms with Gasteiger partial charge in [-0.15, -0.1) is 0 Å². The van der Waals surface area contributed by atoms with Gasteiger partial charge < -0.3 is 20.0 Å². The largest absolute Gasteiger partial charge is 0.340 e. The van der Waals surface area contributed by atoms with Crippen molar-refractivity contribution in [1.29, 1.82) is 0 Å². The van der Waals surface area contributed by atoms with Crippen molar-refractivity contribution in [2.75, 3.05) is 48.6 Å². The maximum absolute atomic E-state index is 12.9. The first-order valence-corrected chi connectivity index (χ1v) is 12.4. The molecule has 9 heteroatoms. The number of anilines is 4. The number of carbonyl (C=O) groups is 1. The highest BCUT2D eigenvalue weighted by Crippen LogP contribution is 2.38. The van der Waals surface area contributed by atoms with Crippen LogP contribution in [-0.4, -0.2) is 69.7 Å². The summed E-state index contributed by atoms with van der Waals surface area (Å²) < 4.78 is 23.4. The molecule has 0 aliphatic carbocycles. The van der Waals surface area contributed by atoms with Crippen molar-refractivity contribution in [3.63, 3.8) is 0 Å². The molecule has 166 valence electrons.